The fourth-order valence-electron chi connectivity index (χ4n) is 1.37. The maximum absolute atomic E-state index is 11.0. The average Bonchev–Trinajstić information content (AvgIpc) is 2.34. The van der Waals surface area contributed by atoms with Crippen LogP contribution in [0.4, 0.5) is 0 Å². The summed E-state index contributed by atoms with van der Waals surface area (Å²) in [6, 6.07) is 0. The zero-order valence-electron chi connectivity index (χ0n) is 6.95. The molecule has 1 fully saturated rings. The normalized spacial score (nSPS) is 28.6. The van der Waals surface area contributed by atoms with Gasteiger partial charge in [0.15, 0.2) is 6.10 Å². The van der Waals surface area contributed by atoms with Gasteiger partial charge in [0.05, 0.1) is 5.92 Å². The summed E-state index contributed by atoms with van der Waals surface area (Å²) in [6.45, 7) is 1.96. The molecule has 4 heteroatoms. The van der Waals surface area contributed by atoms with E-state index < -0.39 is 12.1 Å². The first-order valence-corrected chi connectivity index (χ1v) is 4.08. The Morgan fingerprint density at radius 1 is 1.75 bits per heavy atom. The van der Waals surface area contributed by atoms with Crippen LogP contribution in [0.1, 0.15) is 26.2 Å². The molecule has 68 valence electrons. The highest BCUT2D eigenvalue weighted by Gasteiger charge is 2.37. The Labute approximate surface area is 70.5 Å². The van der Waals surface area contributed by atoms with Gasteiger partial charge < -0.3 is 9.84 Å². The maximum atomic E-state index is 11.0. The first-order valence-electron chi connectivity index (χ1n) is 4.08. The lowest BCUT2D eigenvalue weighted by Gasteiger charge is -1.99. The summed E-state index contributed by atoms with van der Waals surface area (Å²) in [7, 11) is 0. The van der Waals surface area contributed by atoms with Crippen LogP contribution >= 0.6 is 0 Å². The fraction of sp³-hybridized carbons (Fsp3) is 0.750. The Bertz CT molecular complexity index is 199. The number of hydrogen-bond acceptors (Lipinski definition) is 3. The van der Waals surface area contributed by atoms with Gasteiger partial charge in [-0.15, -0.1) is 0 Å². The van der Waals surface area contributed by atoms with Crippen molar-refractivity contribution in [2.45, 2.75) is 32.3 Å². The molecule has 0 radical (unpaired) electrons. The van der Waals surface area contributed by atoms with Crippen LogP contribution in [0.15, 0.2) is 0 Å². The largest absolute Gasteiger partial charge is 0.479 e. The Hall–Kier alpha value is -1.06. The van der Waals surface area contributed by atoms with E-state index in [-0.39, 0.29) is 11.9 Å². The van der Waals surface area contributed by atoms with Gasteiger partial charge in [-0.25, -0.2) is 4.79 Å². The summed E-state index contributed by atoms with van der Waals surface area (Å²) in [5.74, 6) is -1.60. The topological polar surface area (TPSA) is 63.6 Å². The van der Waals surface area contributed by atoms with Crippen molar-refractivity contribution in [3.8, 4) is 0 Å². The van der Waals surface area contributed by atoms with E-state index in [2.05, 4.69) is 4.74 Å². The zero-order chi connectivity index (χ0) is 9.14. The molecule has 2 atom stereocenters. The second kappa shape index (κ2) is 3.56. The van der Waals surface area contributed by atoms with E-state index in [1.165, 1.54) is 0 Å². The minimum Gasteiger partial charge on any atom is -0.479 e. The van der Waals surface area contributed by atoms with Crippen LogP contribution in [0.2, 0.25) is 0 Å². The minimum atomic E-state index is -1.04. The molecule has 12 heavy (non-hydrogen) atoms. The second-order valence-electron chi connectivity index (χ2n) is 2.99. The summed E-state index contributed by atoms with van der Waals surface area (Å²) < 4.78 is 4.65. The van der Waals surface area contributed by atoms with Gasteiger partial charge in [-0.3, -0.25) is 4.79 Å². The predicted octanol–water partition coefficient (Wildman–Crippen LogP) is 0.803. The Morgan fingerprint density at radius 2 is 2.42 bits per heavy atom. The lowest BCUT2D eigenvalue weighted by atomic mass is 10.00. The fourth-order valence-corrected chi connectivity index (χ4v) is 1.37. The number of cyclic esters (lactones) is 1. The Morgan fingerprint density at radius 3 is 2.83 bits per heavy atom. The summed E-state index contributed by atoms with van der Waals surface area (Å²) >= 11 is 0. The lowest BCUT2D eigenvalue weighted by Crippen LogP contribution is -2.18. The van der Waals surface area contributed by atoms with Crippen LogP contribution < -0.4 is 0 Å². The number of hydrogen-bond donors (Lipinski definition) is 1. The van der Waals surface area contributed by atoms with Crippen LogP contribution in [0.3, 0.4) is 0 Å². The molecule has 1 saturated heterocycles. The Balaban J connectivity index is 2.50. The summed E-state index contributed by atoms with van der Waals surface area (Å²) in [5.41, 5.74) is 0. The van der Waals surface area contributed by atoms with Crippen LogP contribution in [0, 0.1) is 5.92 Å². The number of rotatable bonds is 3. The highest BCUT2D eigenvalue weighted by atomic mass is 16.6. The SMILES string of the molecule is CCCC1CC(C(=O)O)OC1=O. The number of ether oxygens (including phenoxy) is 1. The molecule has 1 aliphatic heterocycles. The van der Waals surface area contributed by atoms with E-state index in [9.17, 15) is 9.59 Å². The van der Waals surface area contributed by atoms with Crippen LogP contribution in [-0.4, -0.2) is 23.1 Å². The van der Waals surface area contributed by atoms with Crippen molar-refractivity contribution in [2.24, 2.45) is 5.92 Å². The van der Waals surface area contributed by atoms with Crippen molar-refractivity contribution in [2.75, 3.05) is 0 Å². The molecule has 1 N–H and O–H groups in total. The molecule has 1 rings (SSSR count). The first-order chi connectivity index (χ1) is 5.65. The van der Waals surface area contributed by atoms with Gasteiger partial charge in [0, 0.05) is 6.42 Å². The molecule has 0 saturated carbocycles. The number of esters is 1. The smallest absolute Gasteiger partial charge is 0.345 e. The molecule has 1 heterocycles. The third-order valence-electron chi connectivity index (χ3n) is 2.00. The molecule has 0 aromatic carbocycles. The standard InChI is InChI=1S/C8H12O4/c1-2-3-5-4-6(7(9)10)12-8(5)11/h5-6H,2-4H2,1H3,(H,9,10). The van der Waals surface area contributed by atoms with E-state index in [4.69, 9.17) is 5.11 Å². The molecule has 0 aliphatic carbocycles. The van der Waals surface area contributed by atoms with Crippen LogP contribution in [0.25, 0.3) is 0 Å². The first kappa shape index (κ1) is 9.03. The van der Waals surface area contributed by atoms with Crippen molar-refractivity contribution in [1.29, 1.82) is 0 Å². The van der Waals surface area contributed by atoms with E-state index in [0.29, 0.717) is 6.42 Å². The number of carbonyl (C=O) groups is 2. The third-order valence-corrected chi connectivity index (χ3v) is 2.00. The van der Waals surface area contributed by atoms with Gasteiger partial charge in [-0.05, 0) is 6.42 Å². The molecule has 0 amide bonds. The minimum absolute atomic E-state index is 0.198. The number of carbonyl (C=O) groups excluding carboxylic acids is 1. The van der Waals surface area contributed by atoms with Crippen molar-refractivity contribution >= 4 is 11.9 Å². The molecule has 0 aromatic rings. The van der Waals surface area contributed by atoms with Gasteiger partial charge in [0.2, 0.25) is 0 Å². The zero-order valence-corrected chi connectivity index (χ0v) is 6.95. The molecule has 1 aliphatic rings. The quantitative estimate of drug-likeness (QED) is 0.639. The monoisotopic (exact) mass is 172 g/mol. The Kier molecular flexibility index (Phi) is 2.68. The molecule has 0 bridgehead atoms. The molecule has 2 unspecified atom stereocenters. The van der Waals surface area contributed by atoms with Crippen LogP contribution in [-0.2, 0) is 14.3 Å². The van der Waals surface area contributed by atoms with E-state index in [0.717, 1.165) is 12.8 Å². The second-order valence-corrected chi connectivity index (χ2v) is 2.99. The van der Waals surface area contributed by atoms with Crippen molar-refractivity contribution < 1.29 is 19.4 Å². The molecular formula is C8H12O4. The molecule has 0 spiro atoms. The highest BCUT2D eigenvalue weighted by Crippen LogP contribution is 2.24. The number of carboxylic acid groups (broad SMARTS) is 1. The van der Waals surface area contributed by atoms with E-state index in [1.54, 1.807) is 0 Å². The van der Waals surface area contributed by atoms with Gasteiger partial charge in [-0.2, -0.15) is 0 Å². The molecule has 0 aromatic heterocycles. The van der Waals surface area contributed by atoms with E-state index >= 15 is 0 Å². The van der Waals surface area contributed by atoms with Crippen molar-refractivity contribution in [3.63, 3.8) is 0 Å². The molecular weight excluding hydrogens is 160 g/mol. The highest BCUT2D eigenvalue weighted by molar-refractivity contribution is 5.83. The summed E-state index contributed by atoms with van der Waals surface area (Å²) in [4.78, 5) is 21.4. The molecule has 4 nitrogen and oxygen atoms in total. The van der Waals surface area contributed by atoms with Gasteiger partial charge in [-0.1, -0.05) is 13.3 Å². The number of carboxylic acids is 1. The van der Waals surface area contributed by atoms with E-state index in [1.807, 2.05) is 6.92 Å². The van der Waals surface area contributed by atoms with Crippen LogP contribution in [0.5, 0.6) is 0 Å². The summed E-state index contributed by atoms with van der Waals surface area (Å²) in [5, 5.41) is 8.54. The average molecular weight is 172 g/mol. The third kappa shape index (κ3) is 1.75. The maximum Gasteiger partial charge on any atom is 0.345 e. The lowest BCUT2D eigenvalue weighted by molar-refractivity contribution is -0.157. The van der Waals surface area contributed by atoms with Gasteiger partial charge >= 0.3 is 11.9 Å². The van der Waals surface area contributed by atoms with Gasteiger partial charge in [0.1, 0.15) is 0 Å². The van der Waals surface area contributed by atoms with Crippen molar-refractivity contribution in [1.82, 2.24) is 0 Å². The predicted molar refractivity (Wildman–Crippen MR) is 40.5 cm³/mol. The summed E-state index contributed by atoms with van der Waals surface area (Å²) in [6.07, 6.45) is 1.03. The van der Waals surface area contributed by atoms with Crippen molar-refractivity contribution in [3.05, 3.63) is 0 Å². The van der Waals surface area contributed by atoms with Gasteiger partial charge in [0.25, 0.3) is 0 Å². The number of aliphatic carboxylic acids is 1.